The lowest BCUT2D eigenvalue weighted by Crippen LogP contribution is -2.45. The quantitative estimate of drug-likeness (QED) is 0.135. The average molecular weight is 663 g/mol. The predicted octanol–water partition coefficient (Wildman–Crippen LogP) is 9.14. The number of benzene rings is 2. The van der Waals surface area contributed by atoms with Gasteiger partial charge in [0.25, 0.3) is 5.91 Å². The molecule has 2 aliphatic rings. The summed E-state index contributed by atoms with van der Waals surface area (Å²) in [4.78, 5) is 16.1. The van der Waals surface area contributed by atoms with Crippen LogP contribution in [0.5, 0.6) is 0 Å². The van der Waals surface area contributed by atoms with Gasteiger partial charge in [-0.1, -0.05) is 112 Å². The molecule has 3 heterocycles. The highest BCUT2D eigenvalue weighted by Gasteiger charge is 2.59. The third-order valence-electron chi connectivity index (χ3n) is 9.50. The molecule has 2 aromatic carbocycles. The molecular weight excluding hydrogens is 617 g/mol. The van der Waals surface area contributed by atoms with Crippen molar-refractivity contribution in [2.24, 2.45) is 0 Å². The van der Waals surface area contributed by atoms with Crippen LogP contribution in [-0.4, -0.2) is 45.0 Å². The topological polar surface area (TPSA) is 84.0 Å². The van der Waals surface area contributed by atoms with Gasteiger partial charge in [-0.25, -0.2) is 4.68 Å². The van der Waals surface area contributed by atoms with Gasteiger partial charge in [0.15, 0.2) is 0 Å². The second-order valence-electron chi connectivity index (χ2n) is 12.8. The molecule has 7 nitrogen and oxygen atoms in total. The maximum absolute atomic E-state index is 14.2. The van der Waals surface area contributed by atoms with Gasteiger partial charge in [0.2, 0.25) is 0 Å². The van der Waals surface area contributed by atoms with E-state index in [4.69, 9.17) is 27.9 Å². The van der Waals surface area contributed by atoms with Crippen LogP contribution in [0, 0.1) is 11.3 Å². The van der Waals surface area contributed by atoms with Gasteiger partial charge < -0.3 is 9.64 Å². The predicted molar refractivity (Wildman–Crippen MR) is 184 cm³/mol. The number of methoxy groups -OCH3 is 1. The summed E-state index contributed by atoms with van der Waals surface area (Å²) < 4.78 is 8.04. The van der Waals surface area contributed by atoms with Gasteiger partial charge in [-0.2, -0.15) is 5.26 Å². The number of fused-ring (bicyclic) bond motifs is 1. The van der Waals surface area contributed by atoms with Crippen molar-refractivity contribution in [1.82, 2.24) is 19.9 Å². The molecular formula is C37H45Cl2N5O2. The van der Waals surface area contributed by atoms with Gasteiger partial charge >= 0.3 is 0 Å². The van der Waals surface area contributed by atoms with Gasteiger partial charge in [-0.05, 0) is 54.3 Å². The van der Waals surface area contributed by atoms with Crippen LogP contribution < -0.4 is 0 Å². The van der Waals surface area contributed by atoms with E-state index in [1.54, 1.807) is 25.3 Å². The summed E-state index contributed by atoms with van der Waals surface area (Å²) in [5.74, 6) is 0.483. The van der Waals surface area contributed by atoms with E-state index in [1.165, 1.54) is 64.2 Å². The molecule has 9 heteroatoms. The number of nitrogens with zero attached hydrogens (tertiary/aromatic N) is 5. The summed E-state index contributed by atoms with van der Waals surface area (Å²) in [6.07, 6.45) is 18.5. The van der Waals surface area contributed by atoms with E-state index in [0.29, 0.717) is 51.9 Å². The second kappa shape index (κ2) is 16.0. The highest BCUT2D eigenvalue weighted by atomic mass is 35.5. The standard InChI is InChI=1S/C37H45Cl2N5O2/c1-3-4-5-6-7-8-9-10-11-12-13-14-32-25-44(42-41-32)33-23-37(22-27-15-17-28(24-40)18-16-27)35(46-2)34(36(45)43(37)26-33)29-19-30(38)21-31(39)20-29/h15-21,25,33H,3-14,22-23,26H2,1-2H3. The van der Waals surface area contributed by atoms with Gasteiger partial charge in [0, 0.05) is 35.6 Å². The Labute approximate surface area is 283 Å². The van der Waals surface area contributed by atoms with Crippen LogP contribution in [0.25, 0.3) is 5.57 Å². The Bertz CT molecular complexity index is 1540. The summed E-state index contributed by atoms with van der Waals surface area (Å²) in [5.41, 5.74) is 2.97. The molecule has 0 spiro atoms. The summed E-state index contributed by atoms with van der Waals surface area (Å²) in [6, 6.07) is 14.8. The Morgan fingerprint density at radius 3 is 2.20 bits per heavy atom. The first kappa shape index (κ1) is 34.0. The molecule has 2 atom stereocenters. The molecule has 5 rings (SSSR count). The summed E-state index contributed by atoms with van der Waals surface area (Å²) >= 11 is 12.7. The zero-order valence-corrected chi connectivity index (χ0v) is 28.6. The van der Waals surface area contributed by atoms with Gasteiger partial charge in [0.1, 0.15) is 11.3 Å². The average Bonchev–Trinajstić information content (AvgIpc) is 3.72. The van der Waals surface area contributed by atoms with E-state index < -0.39 is 5.54 Å². The monoisotopic (exact) mass is 661 g/mol. The fourth-order valence-electron chi connectivity index (χ4n) is 7.19. The number of nitriles is 1. The molecule has 1 amide bonds. The molecule has 46 heavy (non-hydrogen) atoms. The number of hydrogen-bond donors (Lipinski definition) is 0. The van der Waals surface area contributed by atoms with E-state index in [9.17, 15) is 10.1 Å². The molecule has 3 aromatic rings. The van der Waals surface area contributed by atoms with Gasteiger partial charge in [-0.15, -0.1) is 5.10 Å². The first-order valence-corrected chi connectivity index (χ1v) is 17.6. The van der Waals surface area contributed by atoms with E-state index in [-0.39, 0.29) is 11.9 Å². The zero-order chi connectivity index (χ0) is 32.5. The molecule has 1 fully saturated rings. The molecule has 0 aliphatic carbocycles. The van der Waals surface area contributed by atoms with E-state index in [0.717, 1.165) is 24.1 Å². The van der Waals surface area contributed by atoms with Crippen molar-refractivity contribution < 1.29 is 9.53 Å². The molecule has 244 valence electrons. The van der Waals surface area contributed by atoms with Crippen molar-refractivity contribution in [3.8, 4) is 6.07 Å². The number of carbonyl (C=O) groups excluding carboxylic acids is 1. The Kier molecular flexibility index (Phi) is 11.8. The maximum Gasteiger partial charge on any atom is 0.258 e. The van der Waals surface area contributed by atoms with Crippen LogP contribution in [0.1, 0.15) is 112 Å². The first-order chi connectivity index (χ1) is 22.4. The maximum atomic E-state index is 14.2. The summed E-state index contributed by atoms with van der Waals surface area (Å²) in [7, 11) is 1.62. The Balaban J connectivity index is 1.28. The largest absolute Gasteiger partial charge is 0.498 e. The lowest BCUT2D eigenvalue weighted by Gasteiger charge is -2.34. The van der Waals surface area contributed by atoms with Crippen LogP contribution in [-0.2, 0) is 22.4 Å². The van der Waals surface area contributed by atoms with Crippen LogP contribution in [0.4, 0.5) is 0 Å². The number of carbonyl (C=O) groups is 1. The van der Waals surface area contributed by atoms with Crippen LogP contribution in [0.15, 0.2) is 54.4 Å². The first-order valence-electron chi connectivity index (χ1n) is 16.9. The Morgan fingerprint density at radius 1 is 0.957 bits per heavy atom. The number of amides is 1. The highest BCUT2D eigenvalue weighted by molar-refractivity contribution is 6.35. The Morgan fingerprint density at radius 2 is 1.59 bits per heavy atom. The minimum Gasteiger partial charge on any atom is -0.498 e. The highest BCUT2D eigenvalue weighted by Crippen LogP contribution is 2.51. The molecule has 0 saturated carbocycles. The Hall–Kier alpha value is -3.34. The van der Waals surface area contributed by atoms with Crippen molar-refractivity contribution >= 4 is 34.7 Å². The van der Waals surface area contributed by atoms with Crippen molar-refractivity contribution in [2.75, 3.05) is 13.7 Å². The fourth-order valence-corrected chi connectivity index (χ4v) is 7.71. The number of aromatic nitrogens is 3. The minimum absolute atomic E-state index is 0.0597. The van der Waals surface area contributed by atoms with E-state index in [1.807, 2.05) is 33.8 Å². The van der Waals surface area contributed by atoms with Crippen LogP contribution >= 0.6 is 23.2 Å². The molecule has 2 aliphatic heterocycles. The van der Waals surface area contributed by atoms with Crippen LogP contribution in [0.3, 0.4) is 0 Å². The molecule has 0 N–H and O–H groups in total. The lowest BCUT2D eigenvalue weighted by molar-refractivity contribution is -0.126. The normalized spacial score (nSPS) is 19.2. The van der Waals surface area contributed by atoms with Crippen molar-refractivity contribution in [2.45, 2.75) is 108 Å². The molecule has 0 radical (unpaired) electrons. The molecule has 2 unspecified atom stereocenters. The van der Waals surface area contributed by atoms with Crippen LogP contribution in [0.2, 0.25) is 10.0 Å². The van der Waals surface area contributed by atoms with Gasteiger partial charge in [0.05, 0.1) is 36.1 Å². The summed E-state index contributed by atoms with van der Waals surface area (Å²) in [5, 5.41) is 19.3. The third-order valence-corrected chi connectivity index (χ3v) is 9.93. The molecule has 1 saturated heterocycles. The lowest BCUT2D eigenvalue weighted by atomic mass is 9.85. The number of halogens is 2. The third kappa shape index (κ3) is 7.78. The number of aryl methyl sites for hydroxylation is 1. The molecule has 1 aromatic heterocycles. The summed E-state index contributed by atoms with van der Waals surface area (Å²) in [6.45, 7) is 2.74. The smallest absolute Gasteiger partial charge is 0.258 e. The van der Waals surface area contributed by atoms with E-state index in [2.05, 4.69) is 29.5 Å². The van der Waals surface area contributed by atoms with Gasteiger partial charge in [-0.3, -0.25) is 4.79 Å². The fraction of sp³-hybridized carbons (Fsp3) is 0.514. The number of unbranched alkanes of at least 4 members (excludes halogenated alkanes) is 10. The number of hydrogen-bond acceptors (Lipinski definition) is 5. The molecule has 0 bridgehead atoms. The second-order valence-corrected chi connectivity index (χ2v) is 13.7. The zero-order valence-electron chi connectivity index (χ0n) is 27.1. The SMILES string of the molecule is CCCCCCCCCCCCCc1cn(C2CN3C(=O)C(c4cc(Cl)cc(Cl)c4)=C(OC)C3(Cc3ccc(C#N)cc3)C2)nn1. The minimum atomic E-state index is -0.739. The van der Waals surface area contributed by atoms with Crippen molar-refractivity contribution in [3.63, 3.8) is 0 Å². The van der Waals surface area contributed by atoms with E-state index >= 15 is 0 Å². The van der Waals surface area contributed by atoms with Crippen molar-refractivity contribution in [1.29, 1.82) is 5.26 Å². The number of rotatable bonds is 17. The number of ether oxygens (including phenoxy) is 1. The van der Waals surface area contributed by atoms with Crippen molar-refractivity contribution in [3.05, 3.63) is 86.9 Å².